The lowest BCUT2D eigenvalue weighted by Gasteiger charge is -2.10. The molecule has 4 aromatic rings. The molecule has 2 aromatic heterocycles. The molecule has 0 saturated carbocycles. The van der Waals surface area contributed by atoms with Gasteiger partial charge in [-0.1, -0.05) is 36.4 Å². The largest absolute Gasteiger partial charge is 0.383 e. The number of aromatic nitrogens is 3. The first-order valence-electron chi connectivity index (χ1n) is 10.5. The van der Waals surface area contributed by atoms with E-state index in [0.29, 0.717) is 24.2 Å². The van der Waals surface area contributed by atoms with Crippen LogP contribution in [-0.2, 0) is 22.6 Å². The van der Waals surface area contributed by atoms with Crippen LogP contribution in [0.15, 0.2) is 65.8 Å². The number of carbonyl (C=O) groups excluding carboxylic acids is 1. The predicted octanol–water partition coefficient (Wildman–Crippen LogP) is 3.77. The lowest BCUT2D eigenvalue weighted by atomic mass is 10.1. The Morgan fingerprint density at radius 1 is 1.06 bits per heavy atom. The van der Waals surface area contributed by atoms with Gasteiger partial charge in [-0.15, -0.1) is 0 Å². The first kappa shape index (κ1) is 21.5. The summed E-state index contributed by atoms with van der Waals surface area (Å²) in [6.07, 6.45) is 3.37. The molecule has 32 heavy (non-hydrogen) atoms. The maximum atomic E-state index is 13.2. The maximum Gasteiger partial charge on any atom is 0.277 e. The summed E-state index contributed by atoms with van der Waals surface area (Å²) in [5.74, 6) is -0.210. The molecule has 2 aromatic carbocycles. The van der Waals surface area contributed by atoms with Gasteiger partial charge in [0, 0.05) is 24.6 Å². The smallest absolute Gasteiger partial charge is 0.277 e. The van der Waals surface area contributed by atoms with E-state index in [1.165, 1.54) is 10.9 Å². The number of hydrogen-bond acceptors (Lipinski definition) is 4. The predicted molar refractivity (Wildman–Crippen MR) is 126 cm³/mol. The van der Waals surface area contributed by atoms with Crippen LogP contribution in [0.3, 0.4) is 0 Å². The minimum Gasteiger partial charge on any atom is -0.383 e. The Morgan fingerprint density at radius 3 is 2.47 bits per heavy atom. The molecule has 0 aliphatic heterocycles. The summed E-state index contributed by atoms with van der Waals surface area (Å²) in [5.41, 5.74) is 5.42. The van der Waals surface area contributed by atoms with Gasteiger partial charge in [0.1, 0.15) is 17.6 Å². The Morgan fingerprint density at radius 2 is 1.78 bits per heavy atom. The minimum atomic E-state index is -0.210. The van der Waals surface area contributed by atoms with Crippen LogP contribution in [0.1, 0.15) is 11.1 Å². The summed E-state index contributed by atoms with van der Waals surface area (Å²) in [4.78, 5) is 30.7. The van der Waals surface area contributed by atoms with Crippen molar-refractivity contribution >= 4 is 22.6 Å². The van der Waals surface area contributed by atoms with Gasteiger partial charge in [0.05, 0.1) is 19.5 Å². The highest BCUT2D eigenvalue weighted by atomic mass is 16.5. The fourth-order valence-electron chi connectivity index (χ4n) is 3.92. The molecule has 7 nitrogen and oxygen atoms in total. The topological polar surface area (TPSA) is 78.2 Å². The zero-order valence-electron chi connectivity index (χ0n) is 18.5. The molecule has 0 bridgehead atoms. The van der Waals surface area contributed by atoms with E-state index in [4.69, 9.17) is 4.74 Å². The summed E-state index contributed by atoms with van der Waals surface area (Å²) in [6.45, 7) is 4.76. The van der Waals surface area contributed by atoms with E-state index in [1.807, 2.05) is 62.5 Å². The summed E-state index contributed by atoms with van der Waals surface area (Å²) in [5, 5.41) is 2.95. The van der Waals surface area contributed by atoms with Gasteiger partial charge < -0.3 is 14.6 Å². The van der Waals surface area contributed by atoms with E-state index >= 15 is 0 Å². The number of anilines is 1. The standard InChI is InChI=1S/C25H26N4O3/c1-17-11-18(2)13-20(12-17)27-22(30)15-29-14-21(19-7-5-4-6-8-19)23-24(29)25(31)28(16-26-23)9-10-32-3/h4-8,11-14,16H,9-10,15H2,1-3H3,(H,27,30). The van der Waals surface area contributed by atoms with Gasteiger partial charge in [-0.2, -0.15) is 0 Å². The molecular weight excluding hydrogens is 404 g/mol. The summed E-state index contributed by atoms with van der Waals surface area (Å²) < 4.78 is 8.31. The Kier molecular flexibility index (Phi) is 6.18. The highest BCUT2D eigenvalue weighted by Crippen LogP contribution is 2.27. The molecular formula is C25H26N4O3. The number of nitrogens with zero attached hydrogens (tertiary/aromatic N) is 3. The van der Waals surface area contributed by atoms with Crippen LogP contribution < -0.4 is 10.9 Å². The number of aryl methyl sites for hydroxylation is 2. The van der Waals surface area contributed by atoms with Crippen molar-refractivity contribution in [2.24, 2.45) is 0 Å². The molecule has 2 heterocycles. The second-order valence-corrected chi connectivity index (χ2v) is 7.89. The van der Waals surface area contributed by atoms with Crippen LogP contribution in [-0.4, -0.2) is 33.7 Å². The van der Waals surface area contributed by atoms with E-state index in [1.54, 1.807) is 11.7 Å². The third-order valence-electron chi connectivity index (χ3n) is 5.28. The van der Waals surface area contributed by atoms with Crippen molar-refractivity contribution in [3.05, 3.63) is 82.5 Å². The number of methoxy groups -OCH3 is 1. The lowest BCUT2D eigenvalue weighted by Crippen LogP contribution is -2.26. The molecule has 0 unspecified atom stereocenters. The van der Waals surface area contributed by atoms with Gasteiger partial charge in [-0.3, -0.25) is 14.2 Å². The number of rotatable bonds is 7. The third kappa shape index (κ3) is 4.48. The van der Waals surface area contributed by atoms with Gasteiger partial charge in [0.25, 0.3) is 5.56 Å². The van der Waals surface area contributed by atoms with Crippen LogP contribution >= 0.6 is 0 Å². The highest BCUT2D eigenvalue weighted by Gasteiger charge is 2.18. The summed E-state index contributed by atoms with van der Waals surface area (Å²) >= 11 is 0. The monoisotopic (exact) mass is 430 g/mol. The van der Waals surface area contributed by atoms with Crippen molar-refractivity contribution in [1.29, 1.82) is 0 Å². The Hall–Kier alpha value is -3.71. The van der Waals surface area contributed by atoms with Crippen LogP contribution in [0.5, 0.6) is 0 Å². The molecule has 0 spiro atoms. The fraction of sp³-hybridized carbons (Fsp3) is 0.240. The van der Waals surface area contributed by atoms with E-state index in [2.05, 4.69) is 16.4 Å². The molecule has 0 aliphatic carbocycles. The van der Waals surface area contributed by atoms with Crippen LogP contribution in [0, 0.1) is 13.8 Å². The summed E-state index contributed by atoms with van der Waals surface area (Å²) in [7, 11) is 1.59. The highest BCUT2D eigenvalue weighted by molar-refractivity contribution is 5.95. The van der Waals surface area contributed by atoms with Gasteiger partial charge in [0.15, 0.2) is 0 Å². The van der Waals surface area contributed by atoms with Crippen molar-refractivity contribution < 1.29 is 9.53 Å². The average molecular weight is 431 g/mol. The van der Waals surface area contributed by atoms with Crippen LogP contribution in [0.2, 0.25) is 0 Å². The Labute approximate surface area is 186 Å². The maximum absolute atomic E-state index is 13.2. The minimum absolute atomic E-state index is 0.00152. The number of ether oxygens (including phenoxy) is 1. The van der Waals surface area contributed by atoms with Crippen molar-refractivity contribution in [3.8, 4) is 11.1 Å². The summed E-state index contributed by atoms with van der Waals surface area (Å²) in [6, 6.07) is 15.6. The number of fused-ring (bicyclic) bond motifs is 1. The van der Waals surface area contributed by atoms with E-state index in [9.17, 15) is 9.59 Å². The Bertz CT molecular complexity index is 1300. The molecule has 4 rings (SSSR count). The molecule has 0 aliphatic rings. The van der Waals surface area contributed by atoms with Gasteiger partial charge in [-0.05, 0) is 42.7 Å². The van der Waals surface area contributed by atoms with Crippen molar-refractivity contribution in [2.75, 3.05) is 19.0 Å². The second kappa shape index (κ2) is 9.20. The molecule has 0 radical (unpaired) electrons. The SMILES string of the molecule is COCCn1cnc2c(-c3ccccc3)cn(CC(=O)Nc3cc(C)cc(C)c3)c2c1=O. The zero-order chi connectivity index (χ0) is 22.7. The molecule has 0 fully saturated rings. The van der Waals surface area contributed by atoms with Crippen molar-refractivity contribution in [2.45, 2.75) is 26.9 Å². The van der Waals surface area contributed by atoms with Crippen LogP contribution in [0.4, 0.5) is 5.69 Å². The van der Waals surface area contributed by atoms with Gasteiger partial charge >= 0.3 is 0 Å². The lowest BCUT2D eigenvalue weighted by molar-refractivity contribution is -0.116. The number of hydrogen-bond donors (Lipinski definition) is 1. The molecule has 7 heteroatoms. The number of nitrogens with one attached hydrogen (secondary N) is 1. The van der Waals surface area contributed by atoms with Crippen molar-refractivity contribution in [1.82, 2.24) is 14.1 Å². The first-order valence-corrected chi connectivity index (χ1v) is 10.5. The fourth-order valence-corrected chi connectivity index (χ4v) is 3.92. The Balaban J connectivity index is 1.75. The second-order valence-electron chi connectivity index (χ2n) is 7.89. The third-order valence-corrected chi connectivity index (χ3v) is 5.28. The quantitative estimate of drug-likeness (QED) is 0.484. The molecule has 164 valence electrons. The van der Waals surface area contributed by atoms with E-state index in [-0.39, 0.29) is 18.0 Å². The van der Waals surface area contributed by atoms with Crippen LogP contribution in [0.25, 0.3) is 22.2 Å². The van der Waals surface area contributed by atoms with Gasteiger partial charge in [-0.25, -0.2) is 4.98 Å². The van der Waals surface area contributed by atoms with Gasteiger partial charge in [0.2, 0.25) is 5.91 Å². The molecule has 0 atom stereocenters. The first-order chi connectivity index (χ1) is 15.5. The van der Waals surface area contributed by atoms with E-state index in [0.717, 1.165) is 27.9 Å². The average Bonchev–Trinajstić information content (AvgIpc) is 3.12. The normalized spacial score (nSPS) is 11.1. The number of benzene rings is 2. The van der Waals surface area contributed by atoms with Crippen molar-refractivity contribution in [3.63, 3.8) is 0 Å². The molecule has 1 N–H and O–H groups in total. The molecule has 0 saturated heterocycles. The molecule has 1 amide bonds. The number of amides is 1. The van der Waals surface area contributed by atoms with E-state index < -0.39 is 0 Å². The number of carbonyl (C=O) groups is 1. The zero-order valence-corrected chi connectivity index (χ0v) is 18.5.